The number of fused-ring (bicyclic) bond motifs is 2. The SMILES string of the molecule is O=C(O)C1CC2CCC1N2C(=O)Nc1cc(Cl)cc(Cl)c1. The number of amides is 2. The number of anilines is 1. The molecule has 7 heteroatoms. The van der Waals surface area contributed by atoms with Crippen molar-refractivity contribution < 1.29 is 14.7 Å². The smallest absolute Gasteiger partial charge is 0.322 e. The van der Waals surface area contributed by atoms with Crippen LogP contribution in [0.5, 0.6) is 0 Å². The Hall–Kier alpha value is -1.46. The van der Waals surface area contributed by atoms with E-state index in [0.29, 0.717) is 22.2 Å². The number of hydrogen-bond donors (Lipinski definition) is 2. The van der Waals surface area contributed by atoms with Gasteiger partial charge in [0.15, 0.2) is 0 Å². The fourth-order valence-electron chi connectivity index (χ4n) is 3.38. The van der Waals surface area contributed by atoms with Crippen molar-refractivity contribution >= 4 is 40.9 Å². The molecule has 3 unspecified atom stereocenters. The Morgan fingerprint density at radius 3 is 2.43 bits per heavy atom. The summed E-state index contributed by atoms with van der Waals surface area (Å²) < 4.78 is 0. The van der Waals surface area contributed by atoms with E-state index in [9.17, 15) is 14.7 Å². The minimum atomic E-state index is -0.828. The molecular formula is C14H14Cl2N2O3. The number of nitrogens with one attached hydrogen (secondary N) is 1. The van der Waals surface area contributed by atoms with Gasteiger partial charge in [-0.15, -0.1) is 0 Å². The Labute approximate surface area is 131 Å². The molecule has 2 bridgehead atoms. The lowest BCUT2D eigenvalue weighted by atomic mass is 9.89. The van der Waals surface area contributed by atoms with Crippen molar-refractivity contribution in [3.63, 3.8) is 0 Å². The molecule has 0 saturated carbocycles. The highest BCUT2D eigenvalue weighted by molar-refractivity contribution is 6.35. The molecule has 2 saturated heterocycles. The molecule has 5 nitrogen and oxygen atoms in total. The zero-order valence-electron chi connectivity index (χ0n) is 11.1. The van der Waals surface area contributed by atoms with Crippen LogP contribution in [0, 0.1) is 5.92 Å². The summed E-state index contributed by atoms with van der Waals surface area (Å²) in [6.45, 7) is 0. The number of halogens is 2. The number of nitrogens with zero attached hydrogens (tertiary/aromatic N) is 1. The van der Waals surface area contributed by atoms with Crippen LogP contribution in [0.4, 0.5) is 10.5 Å². The van der Waals surface area contributed by atoms with Gasteiger partial charge in [0.25, 0.3) is 0 Å². The molecule has 2 aliphatic rings. The fraction of sp³-hybridized carbons (Fsp3) is 0.429. The first kappa shape index (κ1) is 14.5. The minimum Gasteiger partial charge on any atom is -0.481 e. The summed E-state index contributed by atoms with van der Waals surface area (Å²) in [5.41, 5.74) is 0.510. The molecule has 2 heterocycles. The summed E-state index contributed by atoms with van der Waals surface area (Å²) >= 11 is 11.8. The van der Waals surface area contributed by atoms with Crippen molar-refractivity contribution in [2.75, 3.05) is 5.32 Å². The number of carbonyl (C=O) groups is 2. The third kappa shape index (κ3) is 2.68. The number of aliphatic carboxylic acids is 1. The molecular weight excluding hydrogens is 315 g/mol. The Bertz CT molecular complexity index is 588. The van der Waals surface area contributed by atoms with Gasteiger partial charge in [0.2, 0.25) is 0 Å². The number of rotatable bonds is 2. The summed E-state index contributed by atoms with van der Waals surface area (Å²) in [6, 6.07) is 4.30. The topological polar surface area (TPSA) is 69.6 Å². The Morgan fingerprint density at radius 2 is 1.86 bits per heavy atom. The fourth-order valence-corrected chi connectivity index (χ4v) is 3.91. The Morgan fingerprint density at radius 1 is 1.19 bits per heavy atom. The zero-order valence-corrected chi connectivity index (χ0v) is 12.6. The molecule has 2 aliphatic heterocycles. The van der Waals surface area contributed by atoms with Gasteiger partial charge in [-0.1, -0.05) is 23.2 Å². The molecule has 1 aromatic carbocycles. The standard InChI is InChI=1S/C14H14Cl2N2O3/c15-7-3-8(16)5-9(4-7)17-14(21)18-10-1-2-12(18)11(6-10)13(19)20/h3-5,10-12H,1-2,6H2,(H,17,21)(H,19,20). The molecule has 2 amide bonds. The van der Waals surface area contributed by atoms with E-state index in [4.69, 9.17) is 23.2 Å². The molecule has 2 N–H and O–H groups in total. The van der Waals surface area contributed by atoms with E-state index >= 15 is 0 Å². The van der Waals surface area contributed by atoms with Crippen LogP contribution in [0.1, 0.15) is 19.3 Å². The summed E-state index contributed by atoms with van der Waals surface area (Å²) in [7, 11) is 0. The second-order valence-electron chi connectivity index (χ2n) is 5.47. The lowest BCUT2D eigenvalue weighted by molar-refractivity contribution is -0.142. The molecule has 0 spiro atoms. The van der Waals surface area contributed by atoms with Gasteiger partial charge < -0.3 is 15.3 Å². The van der Waals surface area contributed by atoms with Crippen LogP contribution in [0.25, 0.3) is 0 Å². The third-order valence-corrected chi connectivity index (χ3v) is 4.64. The zero-order chi connectivity index (χ0) is 15.1. The maximum Gasteiger partial charge on any atom is 0.322 e. The van der Waals surface area contributed by atoms with E-state index < -0.39 is 11.9 Å². The summed E-state index contributed by atoms with van der Waals surface area (Å²) in [5, 5.41) is 12.8. The number of benzene rings is 1. The molecule has 1 aromatic rings. The number of hydrogen-bond acceptors (Lipinski definition) is 2. The second-order valence-corrected chi connectivity index (χ2v) is 6.35. The molecule has 0 aromatic heterocycles. The first-order valence-corrected chi connectivity index (χ1v) is 7.49. The van der Waals surface area contributed by atoms with E-state index in [0.717, 1.165) is 12.8 Å². The van der Waals surface area contributed by atoms with Crippen LogP contribution < -0.4 is 5.32 Å². The molecule has 112 valence electrons. The average Bonchev–Trinajstić information content (AvgIpc) is 2.94. The molecule has 0 aliphatic carbocycles. The Kier molecular flexibility index (Phi) is 3.71. The maximum absolute atomic E-state index is 12.4. The highest BCUT2D eigenvalue weighted by Crippen LogP contribution is 2.42. The van der Waals surface area contributed by atoms with Gasteiger partial charge in [-0.2, -0.15) is 0 Å². The van der Waals surface area contributed by atoms with Gasteiger partial charge in [-0.05, 0) is 37.5 Å². The van der Waals surface area contributed by atoms with E-state index in [2.05, 4.69) is 5.32 Å². The highest BCUT2D eigenvalue weighted by Gasteiger charge is 2.51. The van der Waals surface area contributed by atoms with Crippen molar-refractivity contribution in [3.8, 4) is 0 Å². The predicted octanol–water partition coefficient (Wildman–Crippen LogP) is 3.46. The van der Waals surface area contributed by atoms with Crippen LogP contribution >= 0.6 is 23.2 Å². The normalized spacial score (nSPS) is 27.0. The van der Waals surface area contributed by atoms with E-state index in [1.807, 2.05) is 0 Å². The Balaban J connectivity index is 1.76. The van der Waals surface area contributed by atoms with Crippen molar-refractivity contribution in [2.45, 2.75) is 31.3 Å². The monoisotopic (exact) mass is 328 g/mol. The number of carbonyl (C=O) groups excluding carboxylic acids is 1. The summed E-state index contributed by atoms with van der Waals surface area (Å²) in [5.74, 6) is -1.29. The van der Waals surface area contributed by atoms with Crippen molar-refractivity contribution in [1.82, 2.24) is 4.90 Å². The van der Waals surface area contributed by atoms with E-state index in [1.54, 1.807) is 23.1 Å². The molecule has 21 heavy (non-hydrogen) atoms. The molecule has 3 rings (SSSR count). The molecule has 2 fully saturated rings. The molecule has 3 atom stereocenters. The molecule has 0 radical (unpaired) electrons. The van der Waals surface area contributed by atoms with Crippen molar-refractivity contribution in [2.24, 2.45) is 5.92 Å². The van der Waals surface area contributed by atoms with Crippen molar-refractivity contribution in [1.29, 1.82) is 0 Å². The van der Waals surface area contributed by atoms with E-state index in [1.165, 1.54) is 0 Å². The first-order valence-electron chi connectivity index (χ1n) is 6.74. The van der Waals surface area contributed by atoms with Gasteiger partial charge >= 0.3 is 12.0 Å². The second kappa shape index (κ2) is 5.39. The summed E-state index contributed by atoms with van der Waals surface area (Å²) in [4.78, 5) is 25.3. The maximum atomic E-state index is 12.4. The van der Waals surface area contributed by atoms with Gasteiger partial charge in [0.05, 0.1) is 5.92 Å². The van der Waals surface area contributed by atoms with Crippen LogP contribution in [-0.4, -0.2) is 34.1 Å². The quantitative estimate of drug-likeness (QED) is 0.873. The van der Waals surface area contributed by atoms with Crippen LogP contribution in [0.2, 0.25) is 10.0 Å². The number of carboxylic acids is 1. The largest absolute Gasteiger partial charge is 0.481 e. The lowest BCUT2D eigenvalue weighted by Gasteiger charge is -2.23. The van der Waals surface area contributed by atoms with Gasteiger partial charge in [-0.3, -0.25) is 4.79 Å². The predicted molar refractivity (Wildman–Crippen MR) is 79.9 cm³/mol. The average molecular weight is 329 g/mol. The van der Waals surface area contributed by atoms with E-state index in [-0.39, 0.29) is 18.1 Å². The first-order chi connectivity index (χ1) is 9.95. The van der Waals surface area contributed by atoms with Gasteiger partial charge in [-0.25, -0.2) is 4.79 Å². The van der Waals surface area contributed by atoms with Crippen LogP contribution in [0.15, 0.2) is 18.2 Å². The number of urea groups is 1. The lowest BCUT2D eigenvalue weighted by Crippen LogP contribution is -2.40. The van der Waals surface area contributed by atoms with Gasteiger partial charge in [0.1, 0.15) is 0 Å². The third-order valence-electron chi connectivity index (χ3n) is 4.20. The van der Waals surface area contributed by atoms with Crippen LogP contribution in [-0.2, 0) is 4.79 Å². The van der Waals surface area contributed by atoms with Crippen LogP contribution in [0.3, 0.4) is 0 Å². The highest BCUT2D eigenvalue weighted by atomic mass is 35.5. The van der Waals surface area contributed by atoms with Gasteiger partial charge in [0, 0.05) is 27.8 Å². The number of carboxylic acid groups (broad SMARTS) is 1. The minimum absolute atomic E-state index is 0.00533. The summed E-state index contributed by atoms with van der Waals surface area (Å²) in [6.07, 6.45) is 2.13. The van der Waals surface area contributed by atoms with Crippen molar-refractivity contribution in [3.05, 3.63) is 28.2 Å².